The molecule has 0 saturated heterocycles. The highest BCUT2D eigenvalue weighted by molar-refractivity contribution is 5.82. The largest absolute Gasteiger partial charge is 0.457 e. The topological polar surface area (TPSA) is 76.2 Å². The third-order valence-corrected chi connectivity index (χ3v) is 5.73. The molecule has 9 heteroatoms. The van der Waals surface area contributed by atoms with Gasteiger partial charge in [0, 0.05) is 18.2 Å². The van der Waals surface area contributed by atoms with E-state index >= 15 is 0 Å². The number of halogens is 3. The number of carbonyl (C=O) groups excluding carboxylic acids is 1. The van der Waals surface area contributed by atoms with Crippen LogP contribution in [0.4, 0.5) is 18.0 Å². The first-order chi connectivity index (χ1) is 16.8. The minimum absolute atomic E-state index is 0.263. The monoisotopic (exact) mass is 481 g/mol. The van der Waals surface area contributed by atoms with Crippen molar-refractivity contribution in [1.29, 1.82) is 0 Å². The van der Waals surface area contributed by atoms with Gasteiger partial charge in [-0.15, -0.1) is 0 Å². The third kappa shape index (κ3) is 5.56. The number of H-pyrrole nitrogens is 1. The maximum atomic E-state index is 13.2. The van der Waals surface area contributed by atoms with Crippen molar-refractivity contribution in [3.63, 3.8) is 0 Å². The van der Waals surface area contributed by atoms with Crippen LogP contribution in [0.15, 0.2) is 66.7 Å². The van der Waals surface area contributed by atoms with E-state index in [0.29, 0.717) is 29.2 Å². The third-order valence-electron chi connectivity index (χ3n) is 5.73. The number of alkyl halides is 3. The van der Waals surface area contributed by atoms with Crippen molar-refractivity contribution in [1.82, 2.24) is 15.3 Å². The molecule has 1 saturated carbocycles. The van der Waals surface area contributed by atoms with Gasteiger partial charge in [-0.1, -0.05) is 25.0 Å². The highest BCUT2D eigenvalue weighted by atomic mass is 19.4. The Morgan fingerprint density at radius 1 is 1.03 bits per heavy atom. The van der Waals surface area contributed by atoms with Gasteiger partial charge in [-0.25, -0.2) is 9.78 Å². The van der Waals surface area contributed by atoms with Gasteiger partial charge in [0.2, 0.25) is 0 Å². The molecule has 2 N–H and O–H groups in total. The zero-order chi connectivity index (χ0) is 24.4. The van der Waals surface area contributed by atoms with Gasteiger partial charge in [0.25, 0.3) is 0 Å². The highest BCUT2D eigenvalue weighted by Gasteiger charge is 2.34. The average molecular weight is 481 g/mol. The SMILES string of the molecule is O=C(NCCC1CC1)Oc1ccc2nc(-c3ccc(Oc4ccccc4C(F)(F)F)cc3)[nH]c2c1. The maximum absolute atomic E-state index is 13.2. The van der Waals surface area contributed by atoms with Crippen LogP contribution in [0.3, 0.4) is 0 Å². The van der Waals surface area contributed by atoms with Crippen LogP contribution in [-0.2, 0) is 6.18 Å². The smallest absolute Gasteiger partial charge is 0.419 e. The van der Waals surface area contributed by atoms with Gasteiger partial charge < -0.3 is 19.8 Å². The Hall–Kier alpha value is -4.01. The molecule has 1 aromatic heterocycles. The summed E-state index contributed by atoms with van der Waals surface area (Å²) in [5.41, 5.74) is 1.25. The van der Waals surface area contributed by atoms with Crippen LogP contribution in [0.2, 0.25) is 0 Å². The lowest BCUT2D eigenvalue weighted by molar-refractivity contribution is -0.138. The Kier molecular flexibility index (Phi) is 6.07. The fraction of sp³-hybridized carbons (Fsp3) is 0.231. The zero-order valence-electron chi connectivity index (χ0n) is 18.6. The molecule has 4 aromatic rings. The zero-order valence-corrected chi connectivity index (χ0v) is 18.6. The molecule has 180 valence electrons. The van der Waals surface area contributed by atoms with E-state index in [0.717, 1.165) is 24.0 Å². The Bertz CT molecular complexity index is 1350. The molecule has 0 radical (unpaired) electrons. The summed E-state index contributed by atoms with van der Waals surface area (Å²) >= 11 is 0. The van der Waals surface area contributed by atoms with E-state index in [2.05, 4.69) is 15.3 Å². The Morgan fingerprint density at radius 2 is 1.77 bits per heavy atom. The summed E-state index contributed by atoms with van der Waals surface area (Å²) in [7, 11) is 0. The first-order valence-electron chi connectivity index (χ1n) is 11.2. The molecule has 0 unspecified atom stereocenters. The molecule has 5 rings (SSSR count). The fourth-order valence-corrected chi connectivity index (χ4v) is 3.71. The number of hydrogen-bond donors (Lipinski definition) is 2. The van der Waals surface area contributed by atoms with Gasteiger partial charge in [0.05, 0.1) is 16.6 Å². The van der Waals surface area contributed by atoms with Crippen LogP contribution in [0, 0.1) is 5.92 Å². The van der Waals surface area contributed by atoms with Crippen LogP contribution in [-0.4, -0.2) is 22.6 Å². The van der Waals surface area contributed by atoms with E-state index in [9.17, 15) is 18.0 Å². The first kappa shape index (κ1) is 22.8. The predicted molar refractivity (Wildman–Crippen MR) is 124 cm³/mol. The number of rotatable bonds is 7. The predicted octanol–water partition coefficient (Wildman–Crippen LogP) is 6.93. The summed E-state index contributed by atoms with van der Waals surface area (Å²) in [6, 6.07) is 16.7. The quantitative estimate of drug-likeness (QED) is 0.300. The number of fused-ring (bicyclic) bond motifs is 1. The Morgan fingerprint density at radius 3 is 2.51 bits per heavy atom. The molecular weight excluding hydrogens is 459 g/mol. The molecule has 0 atom stereocenters. The van der Waals surface area contributed by atoms with E-state index in [1.54, 1.807) is 42.5 Å². The number of hydrogen-bond acceptors (Lipinski definition) is 4. The van der Waals surface area contributed by atoms with Gasteiger partial charge in [0.15, 0.2) is 0 Å². The van der Waals surface area contributed by atoms with Crippen molar-refractivity contribution in [2.45, 2.75) is 25.4 Å². The van der Waals surface area contributed by atoms with E-state index in [-0.39, 0.29) is 11.5 Å². The van der Waals surface area contributed by atoms with Gasteiger partial charge in [-0.05, 0) is 60.9 Å². The lowest BCUT2D eigenvalue weighted by Crippen LogP contribution is -2.27. The molecule has 35 heavy (non-hydrogen) atoms. The van der Waals surface area contributed by atoms with Crippen molar-refractivity contribution >= 4 is 17.1 Å². The molecule has 1 aliphatic carbocycles. The molecule has 1 heterocycles. The van der Waals surface area contributed by atoms with Crippen molar-refractivity contribution < 1.29 is 27.4 Å². The minimum Gasteiger partial charge on any atom is -0.457 e. The molecule has 1 aliphatic rings. The molecule has 1 fully saturated rings. The Labute approximate surface area is 199 Å². The van der Waals surface area contributed by atoms with Gasteiger partial charge in [0.1, 0.15) is 23.1 Å². The lowest BCUT2D eigenvalue weighted by atomic mass is 10.2. The second kappa shape index (κ2) is 9.32. The van der Waals surface area contributed by atoms with E-state index < -0.39 is 17.8 Å². The van der Waals surface area contributed by atoms with Gasteiger partial charge >= 0.3 is 12.3 Å². The van der Waals surface area contributed by atoms with Crippen molar-refractivity contribution in [2.75, 3.05) is 6.54 Å². The molecule has 0 aliphatic heterocycles. The summed E-state index contributed by atoms with van der Waals surface area (Å²) in [5.74, 6) is 1.69. The molecule has 3 aromatic carbocycles. The van der Waals surface area contributed by atoms with Crippen LogP contribution < -0.4 is 14.8 Å². The van der Waals surface area contributed by atoms with Crippen LogP contribution in [0.25, 0.3) is 22.4 Å². The molecular formula is C26H22F3N3O3. The number of ether oxygens (including phenoxy) is 2. The van der Waals surface area contributed by atoms with Gasteiger partial charge in [-0.2, -0.15) is 13.2 Å². The van der Waals surface area contributed by atoms with Crippen molar-refractivity contribution in [2.24, 2.45) is 5.92 Å². The lowest BCUT2D eigenvalue weighted by Gasteiger charge is -2.13. The van der Waals surface area contributed by atoms with Crippen molar-refractivity contribution in [3.8, 4) is 28.6 Å². The summed E-state index contributed by atoms with van der Waals surface area (Å²) in [6.45, 7) is 0.599. The number of imidazole rings is 1. The number of para-hydroxylation sites is 1. The second-order valence-electron chi connectivity index (χ2n) is 8.43. The van der Waals surface area contributed by atoms with Crippen LogP contribution >= 0.6 is 0 Å². The Balaban J connectivity index is 1.27. The number of nitrogens with zero attached hydrogens (tertiary/aromatic N) is 1. The van der Waals surface area contributed by atoms with E-state index in [1.165, 1.54) is 31.0 Å². The molecule has 0 spiro atoms. The average Bonchev–Trinajstić information content (AvgIpc) is 3.55. The number of benzene rings is 3. The van der Waals surface area contributed by atoms with Gasteiger partial charge in [-0.3, -0.25) is 0 Å². The number of amides is 1. The molecule has 0 bridgehead atoms. The van der Waals surface area contributed by atoms with E-state index in [1.807, 2.05) is 0 Å². The summed E-state index contributed by atoms with van der Waals surface area (Å²) in [5, 5.41) is 2.75. The molecule has 1 amide bonds. The fourth-order valence-electron chi connectivity index (χ4n) is 3.71. The summed E-state index contributed by atoms with van der Waals surface area (Å²) < 4.78 is 50.4. The number of carbonyl (C=O) groups is 1. The van der Waals surface area contributed by atoms with E-state index in [4.69, 9.17) is 9.47 Å². The van der Waals surface area contributed by atoms with Crippen LogP contribution in [0.5, 0.6) is 17.2 Å². The highest BCUT2D eigenvalue weighted by Crippen LogP contribution is 2.38. The molecule has 6 nitrogen and oxygen atoms in total. The minimum atomic E-state index is -4.51. The first-order valence-corrected chi connectivity index (χ1v) is 11.2. The summed E-state index contributed by atoms with van der Waals surface area (Å²) in [4.78, 5) is 19.7. The summed E-state index contributed by atoms with van der Waals surface area (Å²) in [6.07, 6.45) is -1.57. The number of nitrogens with one attached hydrogen (secondary N) is 2. The second-order valence-corrected chi connectivity index (χ2v) is 8.43. The van der Waals surface area contributed by atoms with Crippen LogP contribution in [0.1, 0.15) is 24.8 Å². The number of aromatic nitrogens is 2. The number of aromatic amines is 1. The van der Waals surface area contributed by atoms with Crippen molar-refractivity contribution in [3.05, 3.63) is 72.3 Å². The maximum Gasteiger partial charge on any atom is 0.419 e. The standard InChI is InChI=1S/C26H22F3N3O3/c27-26(28,29)20-3-1-2-4-23(20)34-18-9-7-17(8-10-18)24-31-21-12-11-19(15-22(21)32-24)35-25(33)30-14-13-16-5-6-16/h1-4,7-12,15-16H,5-6,13-14H2,(H,30,33)(H,31,32). The normalized spacial score (nSPS) is 13.6.